The second kappa shape index (κ2) is 18.0. The molecule has 1 aliphatic heterocycles. The van der Waals surface area contributed by atoms with Crippen LogP contribution in [0.5, 0.6) is 0 Å². The number of allylic oxidation sites excluding steroid dienone is 2. The summed E-state index contributed by atoms with van der Waals surface area (Å²) in [5.74, 6) is -2.20. The number of benzene rings is 3. The molecule has 0 bridgehead atoms. The Labute approximate surface area is 278 Å². The average molecular weight is 639 g/mol. The summed E-state index contributed by atoms with van der Waals surface area (Å²) in [6, 6.07) is 25.8. The number of fused-ring (bicyclic) bond motifs is 1. The standard InChI is InChI=1S/C39H46N2O6/c1-4-14-31(24-36(43)41-25-33-21-13-12-20-30(33)23-34(41)26-42)38(44)40-35(27-46-3)37(29-18-10-7-11-19-29)47-39(45)32(15-5-2)22-28-16-8-6-9-17-28/h4-13,16-21,31-32,34-35,37,42H,1-2,14-15,22-27H2,3H3,(H,40,44)/t31-,32+,34-,35-,37-/m0/s1. The average Bonchev–Trinajstić information content (AvgIpc) is 3.10. The van der Waals surface area contributed by atoms with Gasteiger partial charge in [0, 0.05) is 20.1 Å². The largest absolute Gasteiger partial charge is 0.455 e. The van der Waals surface area contributed by atoms with E-state index in [-0.39, 0.29) is 43.9 Å². The van der Waals surface area contributed by atoms with Crippen molar-refractivity contribution in [2.24, 2.45) is 11.8 Å². The molecular formula is C39H46N2O6. The van der Waals surface area contributed by atoms with Gasteiger partial charge in [0.05, 0.1) is 37.1 Å². The van der Waals surface area contributed by atoms with E-state index in [9.17, 15) is 19.5 Å². The van der Waals surface area contributed by atoms with E-state index in [4.69, 9.17) is 9.47 Å². The lowest BCUT2D eigenvalue weighted by Crippen LogP contribution is -2.49. The van der Waals surface area contributed by atoms with Gasteiger partial charge >= 0.3 is 5.97 Å². The van der Waals surface area contributed by atoms with Gasteiger partial charge in [0.2, 0.25) is 11.8 Å². The maximum absolute atomic E-state index is 13.9. The molecular weight excluding hydrogens is 592 g/mol. The van der Waals surface area contributed by atoms with Crippen molar-refractivity contribution in [3.63, 3.8) is 0 Å². The molecule has 3 aromatic carbocycles. The van der Waals surface area contributed by atoms with Crippen molar-refractivity contribution in [3.8, 4) is 0 Å². The predicted molar refractivity (Wildman–Crippen MR) is 182 cm³/mol. The first-order valence-electron chi connectivity index (χ1n) is 16.2. The highest BCUT2D eigenvalue weighted by Gasteiger charge is 2.35. The first kappa shape index (κ1) is 35.3. The smallest absolute Gasteiger partial charge is 0.310 e. The summed E-state index contributed by atoms with van der Waals surface area (Å²) >= 11 is 0. The molecule has 3 aromatic rings. The van der Waals surface area contributed by atoms with Crippen LogP contribution in [-0.2, 0) is 43.2 Å². The van der Waals surface area contributed by atoms with E-state index in [1.807, 2.05) is 84.9 Å². The van der Waals surface area contributed by atoms with Crippen molar-refractivity contribution in [1.82, 2.24) is 10.2 Å². The molecule has 248 valence electrons. The summed E-state index contributed by atoms with van der Waals surface area (Å²) in [7, 11) is 1.52. The Morgan fingerprint density at radius 1 is 0.915 bits per heavy atom. The first-order valence-corrected chi connectivity index (χ1v) is 16.2. The number of nitrogens with zero attached hydrogens (tertiary/aromatic N) is 1. The third kappa shape index (κ3) is 9.73. The molecule has 47 heavy (non-hydrogen) atoms. The van der Waals surface area contributed by atoms with Crippen LogP contribution in [0.3, 0.4) is 0 Å². The van der Waals surface area contributed by atoms with Crippen LogP contribution in [0.1, 0.15) is 47.6 Å². The fourth-order valence-electron chi connectivity index (χ4n) is 6.15. The molecule has 0 saturated carbocycles. The van der Waals surface area contributed by atoms with Crippen molar-refractivity contribution in [1.29, 1.82) is 0 Å². The van der Waals surface area contributed by atoms with E-state index < -0.39 is 30.0 Å². The number of hydrogen-bond donors (Lipinski definition) is 2. The van der Waals surface area contributed by atoms with Gasteiger partial charge in [-0.15, -0.1) is 13.2 Å². The summed E-state index contributed by atoms with van der Waals surface area (Å²) in [6.07, 6.45) is 4.13. The molecule has 8 heteroatoms. The Balaban J connectivity index is 1.53. The van der Waals surface area contributed by atoms with Crippen molar-refractivity contribution in [2.75, 3.05) is 20.3 Å². The molecule has 0 unspecified atom stereocenters. The Bertz CT molecular complexity index is 1480. The normalized spacial score (nSPS) is 16.6. The molecule has 5 atom stereocenters. The van der Waals surface area contributed by atoms with Crippen molar-refractivity contribution >= 4 is 17.8 Å². The van der Waals surface area contributed by atoms with E-state index >= 15 is 0 Å². The lowest BCUT2D eigenvalue weighted by atomic mass is 9.92. The third-order valence-electron chi connectivity index (χ3n) is 8.65. The quantitative estimate of drug-likeness (QED) is 0.152. The number of aliphatic hydroxyl groups excluding tert-OH is 1. The van der Waals surface area contributed by atoms with Gasteiger partial charge in [-0.3, -0.25) is 14.4 Å². The topological polar surface area (TPSA) is 105 Å². The molecule has 4 rings (SSSR count). The molecule has 1 aliphatic rings. The molecule has 0 radical (unpaired) electrons. The number of carbonyl (C=O) groups excluding carboxylic acids is 3. The minimum atomic E-state index is -0.854. The number of nitrogens with one attached hydrogen (secondary N) is 1. The van der Waals surface area contributed by atoms with Crippen LogP contribution in [0.25, 0.3) is 0 Å². The van der Waals surface area contributed by atoms with Crippen molar-refractivity contribution in [2.45, 2.75) is 56.8 Å². The van der Waals surface area contributed by atoms with E-state index in [0.717, 1.165) is 16.7 Å². The number of rotatable bonds is 17. The van der Waals surface area contributed by atoms with Gasteiger partial charge in [-0.1, -0.05) is 97.1 Å². The fraction of sp³-hybridized carbons (Fsp3) is 0.359. The van der Waals surface area contributed by atoms with Gasteiger partial charge in [-0.2, -0.15) is 0 Å². The van der Waals surface area contributed by atoms with Gasteiger partial charge < -0.3 is 24.8 Å². The summed E-state index contributed by atoms with van der Waals surface area (Å²) in [5.41, 5.74) is 3.85. The van der Waals surface area contributed by atoms with Crippen LogP contribution in [-0.4, -0.2) is 60.2 Å². The molecule has 0 fully saturated rings. The van der Waals surface area contributed by atoms with Crippen LogP contribution in [0, 0.1) is 11.8 Å². The highest BCUT2D eigenvalue weighted by molar-refractivity contribution is 5.86. The Kier molecular flexibility index (Phi) is 13.5. The van der Waals surface area contributed by atoms with Crippen LogP contribution < -0.4 is 5.32 Å². The maximum Gasteiger partial charge on any atom is 0.310 e. The zero-order chi connectivity index (χ0) is 33.6. The number of carbonyl (C=O) groups is 3. The SMILES string of the molecule is C=CC[C@@H](CC(=O)N1Cc2ccccc2C[C@H]1CO)C(=O)N[C@@H](COC)[C@@H](OC(=O)[C@H](CC=C)Cc1ccccc1)c1ccccc1. The number of esters is 1. The van der Waals surface area contributed by atoms with E-state index in [1.54, 1.807) is 17.1 Å². The van der Waals surface area contributed by atoms with Crippen molar-refractivity contribution < 1.29 is 29.0 Å². The van der Waals surface area contributed by atoms with E-state index in [0.29, 0.717) is 31.4 Å². The number of amides is 2. The third-order valence-corrected chi connectivity index (χ3v) is 8.65. The number of hydrogen-bond acceptors (Lipinski definition) is 6. The molecule has 0 saturated heterocycles. The van der Waals surface area contributed by atoms with E-state index in [2.05, 4.69) is 18.5 Å². The molecule has 0 aliphatic carbocycles. The Morgan fingerprint density at radius 2 is 1.53 bits per heavy atom. The maximum atomic E-state index is 13.9. The zero-order valence-corrected chi connectivity index (χ0v) is 27.1. The van der Waals surface area contributed by atoms with Gasteiger partial charge in [0.25, 0.3) is 0 Å². The van der Waals surface area contributed by atoms with Gasteiger partial charge in [-0.25, -0.2) is 0 Å². The lowest BCUT2D eigenvalue weighted by molar-refractivity contribution is -0.158. The summed E-state index contributed by atoms with van der Waals surface area (Å²) in [6.45, 7) is 7.93. The molecule has 1 heterocycles. The van der Waals surface area contributed by atoms with Gasteiger partial charge in [0.1, 0.15) is 6.10 Å². The number of methoxy groups -OCH3 is 1. The summed E-state index contributed by atoms with van der Waals surface area (Å²) < 4.78 is 11.7. The first-order chi connectivity index (χ1) is 22.9. The Morgan fingerprint density at radius 3 is 2.17 bits per heavy atom. The van der Waals surface area contributed by atoms with Crippen LogP contribution >= 0.6 is 0 Å². The molecule has 0 spiro atoms. The van der Waals surface area contributed by atoms with Crippen LogP contribution in [0.2, 0.25) is 0 Å². The molecule has 8 nitrogen and oxygen atoms in total. The molecule has 2 amide bonds. The highest BCUT2D eigenvalue weighted by atomic mass is 16.5. The van der Waals surface area contributed by atoms with Gasteiger partial charge in [-0.05, 0) is 47.9 Å². The Hall–Kier alpha value is -4.53. The van der Waals surface area contributed by atoms with Crippen LogP contribution in [0.15, 0.2) is 110 Å². The molecule has 0 aromatic heterocycles. The lowest BCUT2D eigenvalue weighted by Gasteiger charge is -2.37. The van der Waals surface area contributed by atoms with Crippen LogP contribution in [0.4, 0.5) is 0 Å². The second-order valence-electron chi connectivity index (χ2n) is 12.0. The number of ether oxygens (including phenoxy) is 2. The monoisotopic (exact) mass is 638 g/mol. The van der Waals surface area contributed by atoms with Gasteiger partial charge in [0.15, 0.2) is 0 Å². The fourth-order valence-corrected chi connectivity index (χ4v) is 6.15. The zero-order valence-electron chi connectivity index (χ0n) is 27.1. The van der Waals surface area contributed by atoms with Crippen molar-refractivity contribution in [3.05, 3.63) is 132 Å². The summed E-state index contributed by atoms with van der Waals surface area (Å²) in [5, 5.41) is 13.2. The minimum Gasteiger partial charge on any atom is -0.455 e. The second-order valence-corrected chi connectivity index (χ2v) is 12.0. The minimum absolute atomic E-state index is 0.0631. The summed E-state index contributed by atoms with van der Waals surface area (Å²) in [4.78, 5) is 42.9. The molecule has 2 N–H and O–H groups in total. The number of aliphatic hydroxyl groups is 1. The highest BCUT2D eigenvalue weighted by Crippen LogP contribution is 2.28. The van der Waals surface area contributed by atoms with E-state index in [1.165, 1.54) is 7.11 Å². The predicted octanol–water partition coefficient (Wildman–Crippen LogP) is 5.37.